The van der Waals surface area contributed by atoms with Crippen LogP contribution in [0.4, 0.5) is 4.79 Å². The molecule has 6 heteroatoms. The summed E-state index contributed by atoms with van der Waals surface area (Å²) in [6, 6.07) is 1.06. The first-order valence-electron chi connectivity index (χ1n) is 11.5. The second-order valence-corrected chi connectivity index (χ2v) is 12.4. The fraction of sp³-hybridized carbons (Fsp3) is 0.957. The molecule has 3 aliphatic rings. The van der Waals surface area contributed by atoms with Crippen molar-refractivity contribution in [2.75, 3.05) is 26.2 Å². The van der Waals surface area contributed by atoms with Crippen LogP contribution in [-0.4, -0.2) is 76.2 Å². The number of hydrogen-bond acceptors (Lipinski definition) is 4. The highest BCUT2D eigenvalue weighted by molar-refractivity contribution is 5.77. The second kappa shape index (κ2) is 7.69. The van der Waals surface area contributed by atoms with Gasteiger partial charge in [-0.2, -0.15) is 0 Å². The molecule has 3 heterocycles. The average molecular weight is 408 g/mol. The Morgan fingerprint density at radius 3 is 1.83 bits per heavy atom. The lowest BCUT2D eigenvalue weighted by molar-refractivity contribution is 0.0907. The summed E-state index contributed by atoms with van der Waals surface area (Å²) in [4.78, 5) is 17.3. The molecule has 0 radical (unpaired) electrons. The summed E-state index contributed by atoms with van der Waals surface area (Å²) in [7, 11) is 0. The summed E-state index contributed by atoms with van der Waals surface area (Å²) in [5, 5.41) is 11.2. The largest absolute Gasteiger partial charge is 0.322 e. The molecule has 2 amide bonds. The third kappa shape index (κ3) is 5.86. The highest BCUT2D eigenvalue weighted by atomic mass is 16.2. The van der Waals surface area contributed by atoms with Crippen molar-refractivity contribution in [1.29, 1.82) is 0 Å². The molecule has 0 atom stereocenters. The predicted octanol–water partition coefficient (Wildman–Crippen LogP) is 2.93. The Kier molecular flexibility index (Phi) is 6.05. The van der Waals surface area contributed by atoms with E-state index in [1.165, 1.54) is 0 Å². The minimum atomic E-state index is 0.0658. The number of nitrogens with zero attached hydrogens (tertiary/aromatic N) is 2. The smallest absolute Gasteiger partial charge is 0.320 e. The number of piperidine rings is 2. The van der Waals surface area contributed by atoms with Gasteiger partial charge in [0.15, 0.2) is 0 Å². The van der Waals surface area contributed by atoms with Crippen molar-refractivity contribution in [3.63, 3.8) is 0 Å². The van der Waals surface area contributed by atoms with E-state index >= 15 is 0 Å². The van der Waals surface area contributed by atoms with Crippen molar-refractivity contribution < 1.29 is 4.79 Å². The van der Waals surface area contributed by atoms with E-state index in [0.29, 0.717) is 12.1 Å². The molecule has 3 rings (SSSR count). The van der Waals surface area contributed by atoms with Crippen molar-refractivity contribution in [2.45, 2.75) is 115 Å². The molecule has 0 aliphatic carbocycles. The second-order valence-electron chi connectivity index (χ2n) is 12.4. The van der Waals surface area contributed by atoms with Gasteiger partial charge in [-0.1, -0.05) is 0 Å². The molecule has 168 valence electrons. The molecule has 3 fully saturated rings. The monoisotopic (exact) mass is 407 g/mol. The Morgan fingerprint density at radius 2 is 1.31 bits per heavy atom. The summed E-state index contributed by atoms with van der Waals surface area (Å²) < 4.78 is 0. The van der Waals surface area contributed by atoms with Gasteiger partial charge in [-0.25, -0.2) is 4.79 Å². The standard InChI is InChI=1S/C23H45N5O/c1-20(2)13-17(14-21(3,4)25-20)24-9-10-27-11-12-28(19(27)29)18-15-22(5,6)26-23(7,8)16-18/h17-18,24-26H,9-16H2,1-8H3. The van der Waals surface area contributed by atoms with Crippen LogP contribution in [0.5, 0.6) is 0 Å². The summed E-state index contributed by atoms with van der Waals surface area (Å²) >= 11 is 0. The van der Waals surface area contributed by atoms with E-state index in [0.717, 1.165) is 51.9 Å². The summed E-state index contributed by atoms with van der Waals surface area (Å²) in [6.45, 7) is 21.6. The van der Waals surface area contributed by atoms with Crippen molar-refractivity contribution in [3.05, 3.63) is 0 Å². The Balaban J connectivity index is 1.51. The summed E-state index contributed by atoms with van der Waals surface area (Å²) in [5.74, 6) is 0. The van der Waals surface area contributed by atoms with Crippen LogP contribution in [0.1, 0.15) is 81.1 Å². The van der Waals surface area contributed by atoms with Crippen LogP contribution in [0.3, 0.4) is 0 Å². The Morgan fingerprint density at radius 1 is 0.828 bits per heavy atom. The Labute approximate surface area is 178 Å². The molecule has 0 aromatic rings. The zero-order valence-corrected chi connectivity index (χ0v) is 20.1. The van der Waals surface area contributed by atoms with Crippen molar-refractivity contribution >= 4 is 6.03 Å². The van der Waals surface area contributed by atoms with Gasteiger partial charge in [0, 0.05) is 60.4 Å². The number of rotatable bonds is 5. The van der Waals surface area contributed by atoms with E-state index in [4.69, 9.17) is 0 Å². The summed E-state index contributed by atoms with van der Waals surface area (Å²) in [6.07, 6.45) is 4.28. The fourth-order valence-corrected chi connectivity index (χ4v) is 6.51. The molecule has 0 saturated carbocycles. The molecule has 0 spiro atoms. The highest BCUT2D eigenvalue weighted by Crippen LogP contribution is 2.33. The quantitative estimate of drug-likeness (QED) is 0.656. The molecule has 0 unspecified atom stereocenters. The molecule has 6 nitrogen and oxygen atoms in total. The van der Waals surface area contributed by atoms with Gasteiger partial charge in [0.25, 0.3) is 0 Å². The van der Waals surface area contributed by atoms with Crippen molar-refractivity contribution in [1.82, 2.24) is 25.8 Å². The van der Waals surface area contributed by atoms with Crippen LogP contribution >= 0.6 is 0 Å². The maximum Gasteiger partial charge on any atom is 0.320 e. The van der Waals surface area contributed by atoms with Gasteiger partial charge in [-0.15, -0.1) is 0 Å². The van der Waals surface area contributed by atoms with Gasteiger partial charge >= 0.3 is 6.03 Å². The number of nitrogens with one attached hydrogen (secondary N) is 3. The van der Waals surface area contributed by atoms with Crippen molar-refractivity contribution in [3.8, 4) is 0 Å². The third-order valence-corrected chi connectivity index (χ3v) is 6.74. The van der Waals surface area contributed by atoms with E-state index in [1.54, 1.807) is 0 Å². The van der Waals surface area contributed by atoms with E-state index in [9.17, 15) is 4.79 Å². The molecule has 29 heavy (non-hydrogen) atoms. The first-order chi connectivity index (χ1) is 13.2. The lowest BCUT2D eigenvalue weighted by Gasteiger charge is -2.48. The SMILES string of the molecule is CC1(C)CC(NCCN2CCN(C3CC(C)(C)NC(C)(C)C3)C2=O)CC(C)(C)N1. The molecule has 0 aromatic carbocycles. The topological polar surface area (TPSA) is 59.6 Å². The molecule has 3 N–H and O–H groups in total. The lowest BCUT2D eigenvalue weighted by atomic mass is 9.79. The van der Waals surface area contributed by atoms with Gasteiger partial charge < -0.3 is 25.8 Å². The van der Waals surface area contributed by atoms with Gasteiger partial charge in [-0.3, -0.25) is 0 Å². The first kappa shape index (κ1) is 22.8. The normalized spacial score (nSPS) is 29.4. The zero-order valence-electron chi connectivity index (χ0n) is 20.1. The first-order valence-corrected chi connectivity index (χ1v) is 11.5. The third-order valence-electron chi connectivity index (χ3n) is 6.74. The van der Waals surface area contributed by atoms with E-state index < -0.39 is 0 Å². The number of urea groups is 1. The molecular weight excluding hydrogens is 362 g/mol. The predicted molar refractivity (Wildman–Crippen MR) is 120 cm³/mol. The lowest BCUT2D eigenvalue weighted by Crippen LogP contribution is -2.62. The minimum Gasteiger partial charge on any atom is -0.322 e. The van der Waals surface area contributed by atoms with Crippen LogP contribution in [-0.2, 0) is 0 Å². The maximum atomic E-state index is 13.1. The van der Waals surface area contributed by atoms with E-state index in [2.05, 4.69) is 76.2 Å². The van der Waals surface area contributed by atoms with Crippen molar-refractivity contribution in [2.24, 2.45) is 0 Å². The highest BCUT2D eigenvalue weighted by Gasteiger charge is 2.44. The van der Waals surface area contributed by atoms with E-state index in [-0.39, 0.29) is 28.2 Å². The number of amides is 2. The fourth-order valence-electron chi connectivity index (χ4n) is 6.51. The minimum absolute atomic E-state index is 0.0658. The van der Waals surface area contributed by atoms with Crippen LogP contribution < -0.4 is 16.0 Å². The van der Waals surface area contributed by atoms with Gasteiger partial charge in [0.1, 0.15) is 0 Å². The van der Waals surface area contributed by atoms with Crippen LogP contribution in [0.25, 0.3) is 0 Å². The Hall–Kier alpha value is -0.850. The van der Waals surface area contributed by atoms with Crippen LogP contribution in [0.2, 0.25) is 0 Å². The Bertz CT molecular complexity index is 580. The number of carbonyl (C=O) groups is 1. The van der Waals surface area contributed by atoms with Crippen LogP contribution in [0.15, 0.2) is 0 Å². The van der Waals surface area contributed by atoms with Gasteiger partial charge in [0.05, 0.1) is 0 Å². The summed E-state index contributed by atoms with van der Waals surface area (Å²) in [5.41, 5.74) is 0.426. The molecule has 0 bridgehead atoms. The molecular formula is C23H45N5O. The van der Waals surface area contributed by atoms with Gasteiger partial charge in [0.2, 0.25) is 0 Å². The molecule has 3 aliphatic heterocycles. The number of carbonyl (C=O) groups excluding carboxylic acids is 1. The van der Waals surface area contributed by atoms with E-state index in [1.807, 2.05) is 4.90 Å². The maximum absolute atomic E-state index is 13.1. The molecule has 3 saturated heterocycles. The average Bonchev–Trinajstić information content (AvgIpc) is 2.82. The molecule has 0 aromatic heterocycles. The zero-order chi connectivity index (χ0) is 21.7. The number of hydrogen-bond donors (Lipinski definition) is 3. The van der Waals surface area contributed by atoms with Gasteiger partial charge in [-0.05, 0) is 81.1 Å². The van der Waals surface area contributed by atoms with Crippen LogP contribution in [0, 0.1) is 0 Å².